The average molecular weight is 517 g/mol. The van der Waals surface area contributed by atoms with Crippen LogP contribution >= 0.6 is 12.0 Å². The van der Waals surface area contributed by atoms with E-state index in [1.807, 2.05) is 0 Å². The zero-order valence-corrected chi connectivity index (χ0v) is 23.6. The highest BCUT2D eigenvalue weighted by Crippen LogP contribution is 2.20. The van der Waals surface area contributed by atoms with E-state index in [0.717, 1.165) is 19.3 Å². The highest BCUT2D eigenvalue weighted by molar-refractivity contribution is 7.96. The molecular weight excluding hydrogens is 464 g/mol. The van der Waals surface area contributed by atoms with Crippen LogP contribution in [0.2, 0.25) is 0 Å². The first-order valence-corrected chi connectivity index (χ1v) is 15.0. The number of hydrogen-bond donors (Lipinski definition) is 0. The molecule has 0 amide bonds. The van der Waals surface area contributed by atoms with Gasteiger partial charge in [0.25, 0.3) is 0 Å². The minimum Gasteiger partial charge on any atom is -0.466 e. The van der Waals surface area contributed by atoms with E-state index in [0.29, 0.717) is 18.5 Å². The first-order chi connectivity index (χ1) is 17.0. The van der Waals surface area contributed by atoms with Crippen LogP contribution in [0.25, 0.3) is 0 Å². The molecule has 0 N–H and O–H groups in total. The molecule has 1 atom stereocenters. The van der Waals surface area contributed by atoms with Gasteiger partial charge in [0.15, 0.2) is 5.25 Å². The Balaban J connectivity index is 3.61. The highest BCUT2D eigenvalue weighted by Gasteiger charge is 2.27. The molecule has 1 unspecified atom stereocenters. The van der Waals surface area contributed by atoms with Crippen molar-refractivity contribution in [2.24, 2.45) is 0 Å². The Bertz CT molecular complexity index is 526. The fourth-order valence-corrected chi connectivity index (χ4v) is 4.57. The van der Waals surface area contributed by atoms with Crippen LogP contribution in [0, 0.1) is 0 Å². The molecule has 0 bridgehead atoms. The fraction of sp³-hybridized carbons (Fsp3) is 0.893. The molecule has 0 aliphatic rings. The smallest absolute Gasteiger partial charge is 0.323 e. The molecule has 0 aromatic heterocycles. The van der Waals surface area contributed by atoms with Gasteiger partial charge < -0.3 is 13.7 Å². The summed E-state index contributed by atoms with van der Waals surface area (Å²) in [5.41, 5.74) is 0. The van der Waals surface area contributed by atoms with Gasteiger partial charge in [0.2, 0.25) is 0 Å². The summed E-state index contributed by atoms with van der Waals surface area (Å²) in [6.45, 7) is 6.09. The Labute approximate surface area is 219 Å². The molecule has 0 aliphatic heterocycles. The zero-order valence-electron chi connectivity index (χ0n) is 22.8. The second kappa shape index (κ2) is 25.8. The van der Waals surface area contributed by atoms with Gasteiger partial charge in [-0.05, 0) is 20.3 Å². The van der Waals surface area contributed by atoms with Crippen LogP contribution in [0.3, 0.4) is 0 Å². The van der Waals surface area contributed by atoms with E-state index >= 15 is 0 Å². The van der Waals surface area contributed by atoms with E-state index in [4.69, 9.17) is 13.7 Å². The van der Waals surface area contributed by atoms with Gasteiger partial charge in [-0.3, -0.25) is 14.4 Å². The van der Waals surface area contributed by atoms with Crippen LogP contribution in [0.5, 0.6) is 0 Å². The normalized spacial score (nSPS) is 11.7. The van der Waals surface area contributed by atoms with Gasteiger partial charge in [-0.2, -0.15) is 0 Å². The molecule has 0 aliphatic carbocycles. The minimum absolute atomic E-state index is 0.177. The van der Waals surface area contributed by atoms with Gasteiger partial charge in [0.1, 0.15) is 0 Å². The molecule has 0 rings (SSSR count). The van der Waals surface area contributed by atoms with E-state index in [-0.39, 0.29) is 25.6 Å². The quantitative estimate of drug-likeness (QED) is 0.0689. The van der Waals surface area contributed by atoms with E-state index in [9.17, 15) is 14.4 Å². The molecule has 206 valence electrons. The van der Waals surface area contributed by atoms with Gasteiger partial charge in [-0.1, -0.05) is 110 Å². The van der Waals surface area contributed by atoms with Gasteiger partial charge in [-0.15, -0.1) is 0 Å². The summed E-state index contributed by atoms with van der Waals surface area (Å²) in [6, 6.07) is 0. The molecule has 0 fully saturated rings. The van der Waals surface area contributed by atoms with Crippen molar-refractivity contribution in [3.63, 3.8) is 0 Å². The average Bonchev–Trinajstić information content (AvgIpc) is 2.84. The summed E-state index contributed by atoms with van der Waals surface area (Å²) in [6.07, 6.45) is 22.1. The summed E-state index contributed by atoms with van der Waals surface area (Å²) in [5, 5.41) is -0.895. The Kier molecular flexibility index (Phi) is 24.9. The number of esters is 2. The summed E-state index contributed by atoms with van der Waals surface area (Å²) >= 11 is 0.696. The van der Waals surface area contributed by atoms with E-state index < -0.39 is 17.2 Å². The molecular formula is C28H52O6S. The highest BCUT2D eigenvalue weighted by atomic mass is 32.2. The Morgan fingerprint density at radius 2 is 1.00 bits per heavy atom. The van der Waals surface area contributed by atoms with Crippen LogP contribution in [-0.4, -0.2) is 36.4 Å². The second-order valence-electron chi connectivity index (χ2n) is 9.21. The molecule has 6 nitrogen and oxygen atoms in total. The number of carbonyl (C=O) groups is 3. The summed E-state index contributed by atoms with van der Waals surface area (Å²) in [5.74, 6) is -1.45. The zero-order chi connectivity index (χ0) is 26.0. The van der Waals surface area contributed by atoms with Gasteiger partial charge in [0, 0.05) is 6.42 Å². The maximum atomic E-state index is 12.0. The molecule has 0 heterocycles. The molecule has 0 radical (unpaired) electrons. The van der Waals surface area contributed by atoms with Crippen molar-refractivity contribution >= 4 is 30.0 Å². The van der Waals surface area contributed by atoms with E-state index in [1.54, 1.807) is 13.8 Å². The molecule has 0 aromatic carbocycles. The molecule has 0 saturated heterocycles. The van der Waals surface area contributed by atoms with Gasteiger partial charge in [-0.25, -0.2) is 0 Å². The Morgan fingerprint density at radius 1 is 0.571 bits per heavy atom. The van der Waals surface area contributed by atoms with E-state index in [1.165, 1.54) is 89.9 Å². The minimum atomic E-state index is -0.895. The first kappa shape index (κ1) is 33.8. The fourth-order valence-electron chi connectivity index (χ4n) is 3.91. The van der Waals surface area contributed by atoms with E-state index in [2.05, 4.69) is 6.92 Å². The molecule has 0 saturated carbocycles. The van der Waals surface area contributed by atoms with Crippen molar-refractivity contribution < 1.29 is 28.0 Å². The van der Waals surface area contributed by atoms with Crippen LogP contribution in [0.4, 0.5) is 0 Å². The Morgan fingerprint density at radius 3 is 1.43 bits per heavy atom. The predicted octanol–water partition coefficient (Wildman–Crippen LogP) is 8.10. The topological polar surface area (TPSA) is 78.9 Å². The molecule has 0 spiro atoms. The maximum absolute atomic E-state index is 12.0. The van der Waals surface area contributed by atoms with Crippen molar-refractivity contribution in [1.29, 1.82) is 0 Å². The third kappa shape index (κ3) is 22.9. The van der Waals surface area contributed by atoms with Crippen LogP contribution in [0.1, 0.15) is 143 Å². The van der Waals surface area contributed by atoms with Gasteiger partial charge in [0.05, 0.1) is 31.7 Å². The third-order valence-electron chi connectivity index (χ3n) is 5.95. The number of hydrogen-bond acceptors (Lipinski definition) is 7. The SMILES string of the molecule is CCCCCCCCCCCCCCCCCCCC(=O)OSC(CC(=O)OCC)C(=O)OCC. The lowest BCUT2D eigenvalue weighted by atomic mass is 10.0. The lowest BCUT2D eigenvalue weighted by Gasteiger charge is -2.13. The number of unbranched alkanes of at least 4 members (excludes halogenated alkanes) is 16. The molecule has 35 heavy (non-hydrogen) atoms. The number of rotatable bonds is 25. The summed E-state index contributed by atoms with van der Waals surface area (Å²) in [4.78, 5) is 35.6. The predicted molar refractivity (Wildman–Crippen MR) is 144 cm³/mol. The lowest BCUT2D eigenvalue weighted by Crippen LogP contribution is -2.25. The maximum Gasteiger partial charge on any atom is 0.323 e. The number of ether oxygens (including phenoxy) is 2. The van der Waals surface area contributed by atoms with Crippen LogP contribution in [0.15, 0.2) is 0 Å². The largest absolute Gasteiger partial charge is 0.466 e. The summed E-state index contributed by atoms with van der Waals surface area (Å²) < 4.78 is 15.0. The monoisotopic (exact) mass is 516 g/mol. The summed E-state index contributed by atoms with van der Waals surface area (Å²) in [7, 11) is 0. The molecule has 7 heteroatoms. The van der Waals surface area contributed by atoms with Crippen molar-refractivity contribution in [1.82, 2.24) is 0 Å². The van der Waals surface area contributed by atoms with Crippen molar-refractivity contribution in [3.8, 4) is 0 Å². The van der Waals surface area contributed by atoms with Crippen molar-refractivity contribution in [2.75, 3.05) is 13.2 Å². The third-order valence-corrected chi connectivity index (χ3v) is 6.82. The van der Waals surface area contributed by atoms with Crippen LogP contribution < -0.4 is 0 Å². The Hall–Kier alpha value is -1.24. The van der Waals surface area contributed by atoms with Gasteiger partial charge >= 0.3 is 17.9 Å². The second-order valence-corrected chi connectivity index (χ2v) is 10.1. The van der Waals surface area contributed by atoms with Crippen LogP contribution in [-0.2, 0) is 28.0 Å². The van der Waals surface area contributed by atoms with Crippen molar-refractivity contribution in [2.45, 2.75) is 148 Å². The first-order valence-electron chi connectivity index (χ1n) is 14.2. The molecule has 0 aromatic rings. The lowest BCUT2D eigenvalue weighted by molar-refractivity contribution is -0.149. The number of carbonyl (C=O) groups excluding carboxylic acids is 3. The van der Waals surface area contributed by atoms with Crippen molar-refractivity contribution in [3.05, 3.63) is 0 Å². The standard InChI is InChI=1S/C28H52O6S/c1-4-7-8-9-10-11-12-13-14-15-16-17-18-19-20-21-22-23-26(29)34-35-25(28(31)33-6-3)24-27(30)32-5-2/h25H,4-24H2,1-3H3.